The molecule has 0 saturated heterocycles. The molecular weight excluding hydrogens is 345 g/mol. The van der Waals surface area contributed by atoms with Crippen LogP contribution in [0.2, 0.25) is 0 Å². The summed E-state index contributed by atoms with van der Waals surface area (Å²) in [7, 11) is 0. The fourth-order valence-electron chi connectivity index (χ4n) is 3.23. The smallest absolute Gasteiger partial charge is 0.230 e. The van der Waals surface area contributed by atoms with Gasteiger partial charge in [0.15, 0.2) is 5.82 Å². The summed E-state index contributed by atoms with van der Waals surface area (Å²) in [5, 5.41) is 6.94. The number of carbonyl (C=O) groups is 1. The maximum absolute atomic E-state index is 13.1. The summed E-state index contributed by atoms with van der Waals surface area (Å²) in [6, 6.07) is 16.1. The van der Waals surface area contributed by atoms with Gasteiger partial charge < -0.3 is 9.84 Å². The molecule has 1 aromatic heterocycles. The fourth-order valence-corrected chi connectivity index (χ4v) is 3.23. The molecule has 3 aromatic rings. The Kier molecular flexibility index (Phi) is 4.71. The van der Waals surface area contributed by atoms with Crippen molar-refractivity contribution < 1.29 is 13.7 Å². The third-order valence-electron chi connectivity index (χ3n) is 4.92. The van der Waals surface area contributed by atoms with E-state index >= 15 is 0 Å². The van der Waals surface area contributed by atoms with E-state index in [1.54, 1.807) is 12.1 Å². The lowest BCUT2D eigenvalue weighted by Crippen LogP contribution is -2.36. The van der Waals surface area contributed by atoms with Gasteiger partial charge in [-0.1, -0.05) is 47.6 Å². The molecular formula is C21H20FN3O2. The topological polar surface area (TPSA) is 68.0 Å². The summed E-state index contributed by atoms with van der Waals surface area (Å²) >= 11 is 0. The average Bonchev–Trinajstić information content (AvgIpc) is 3.38. The molecule has 0 unspecified atom stereocenters. The first kappa shape index (κ1) is 17.4. The van der Waals surface area contributed by atoms with Crippen LogP contribution >= 0.6 is 0 Å². The predicted molar refractivity (Wildman–Crippen MR) is 97.6 cm³/mol. The maximum atomic E-state index is 13.1. The monoisotopic (exact) mass is 365 g/mol. The molecule has 5 nitrogen and oxygen atoms in total. The van der Waals surface area contributed by atoms with Crippen molar-refractivity contribution >= 4 is 5.91 Å². The van der Waals surface area contributed by atoms with Gasteiger partial charge in [-0.3, -0.25) is 4.79 Å². The molecule has 1 saturated carbocycles. The standard InChI is InChI=1S/C21H20FN3O2/c22-17-8-6-16(7-9-17)21(11-12-21)20(26)23-13-10-19-24-18(25-27-19)14-15-4-2-1-3-5-15/h1-9H,10-14H2,(H,23,26). The maximum Gasteiger partial charge on any atom is 0.230 e. The molecule has 1 amide bonds. The molecule has 6 heteroatoms. The number of carbonyl (C=O) groups excluding carboxylic acids is 1. The van der Waals surface area contributed by atoms with Crippen molar-refractivity contribution in [3.63, 3.8) is 0 Å². The quantitative estimate of drug-likeness (QED) is 0.698. The van der Waals surface area contributed by atoms with E-state index in [9.17, 15) is 9.18 Å². The summed E-state index contributed by atoms with van der Waals surface area (Å²) < 4.78 is 18.4. The third-order valence-corrected chi connectivity index (χ3v) is 4.92. The van der Waals surface area contributed by atoms with Crippen LogP contribution < -0.4 is 5.32 Å². The van der Waals surface area contributed by atoms with Crippen molar-refractivity contribution in [1.82, 2.24) is 15.5 Å². The average molecular weight is 365 g/mol. The van der Waals surface area contributed by atoms with Crippen molar-refractivity contribution in [3.05, 3.63) is 83.3 Å². The van der Waals surface area contributed by atoms with Crippen molar-refractivity contribution in [1.29, 1.82) is 0 Å². The summed E-state index contributed by atoms with van der Waals surface area (Å²) in [6.07, 6.45) is 2.66. The molecule has 1 heterocycles. The van der Waals surface area contributed by atoms with Crippen molar-refractivity contribution in [3.8, 4) is 0 Å². The predicted octanol–water partition coefficient (Wildman–Crippen LogP) is 3.19. The zero-order chi connectivity index (χ0) is 18.7. The molecule has 0 aliphatic heterocycles. The summed E-state index contributed by atoms with van der Waals surface area (Å²) in [6.45, 7) is 0.425. The van der Waals surface area contributed by atoms with Gasteiger partial charge in [0.25, 0.3) is 0 Å². The van der Waals surface area contributed by atoms with E-state index in [0.29, 0.717) is 31.1 Å². The first-order valence-corrected chi connectivity index (χ1v) is 9.05. The molecule has 0 radical (unpaired) electrons. The number of nitrogens with zero attached hydrogens (tertiary/aromatic N) is 2. The number of hydrogen-bond donors (Lipinski definition) is 1. The van der Waals surface area contributed by atoms with Crippen LogP contribution in [-0.2, 0) is 23.1 Å². The van der Waals surface area contributed by atoms with E-state index in [0.717, 1.165) is 24.0 Å². The van der Waals surface area contributed by atoms with Gasteiger partial charge in [-0.2, -0.15) is 4.98 Å². The summed E-state index contributed by atoms with van der Waals surface area (Å²) in [5.41, 5.74) is 1.47. The molecule has 1 N–H and O–H groups in total. The third kappa shape index (κ3) is 3.89. The Bertz CT molecular complexity index is 918. The molecule has 138 valence electrons. The van der Waals surface area contributed by atoms with Crippen molar-refractivity contribution in [2.75, 3.05) is 6.54 Å². The van der Waals surface area contributed by atoms with Crippen LogP contribution in [0, 0.1) is 5.82 Å². The SMILES string of the molecule is O=C(NCCc1nc(Cc2ccccc2)no1)C1(c2ccc(F)cc2)CC1. The molecule has 0 spiro atoms. The Labute approximate surface area is 156 Å². The Balaban J connectivity index is 1.30. The Hall–Kier alpha value is -3.02. The van der Waals surface area contributed by atoms with Crippen LogP contribution in [0.25, 0.3) is 0 Å². The molecule has 1 aliphatic carbocycles. The minimum atomic E-state index is -0.513. The Morgan fingerprint density at radius 2 is 1.85 bits per heavy atom. The van der Waals surface area contributed by atoms with E-state index in [4.69, 9.17) is 4.52 Å². The van der Waals surface area contributed by atoms with E-state index < -0.39 is 5.41 Å². The summed E-state index contributed by atoms with van der Waals surface area (Å²) in [5.74, 6) is 0.816. The van der Waals surface area contributed by atoms with Gasteiger partial charge in [-0.15, -0.1) is 0 Å². The first-order valence-electron chi connectivity index (χ1n) is 9.05. The molecule has 2 aromatic carbocycles. The number of rotatable bonds is 7. The van der Waals surface area contributed by atoms with E-state index in [1.807, 2.05) is 30.3 Å². The highest BCUT2D eigenvalue weighted by Gasteiger charge is 2.51. The second kappa shape index (κ2) is 7.31. The number of amides is 1. The van der Waals surface area contributed by atoms with Gasteiger partial charge in [0.1, 0.15) is 5.82 Å². The Morgan fingerprint density at radius 1 is 1.11 bits per heavy atom. The molecule has 0 atom stereocenters. The second-order valence-corrected chi connectivity index (χ2v) is 6.86. The van der Waals surface area contributed by atoms with E-state index in [1.165, 1.54) is 12.1 Å². The van der Waals surface area contributed by atoms with Crippen molar-refractivity contribution in [2.24, 2.45) is 0 Å². The lowest BCUT2D eigenvalue weighted by Gasteiger charge is -2.15. The number of aromatic nitrogens is 2. The number of halogens is 1. The largest absolute Gasteiger partial charge is 0.355 e. The lowest BCUT2D eigenvalue weighted by atomic mass is 9.95. The molecule has 0 bridgehead atoms. The van der Waals surface area contributed by atoms with Gasteiger partial charge in [0, 0.05) is 19.4 Å². The molecule has 1 aliphatic rings. The molecule has 1 fully saturated rings. The van der Waals surface area contributed by atoms with Crippen LogP contribution in [0.4, 0.5) is 4.39 Å². The van der Waals surface area contributed by atoms with Crippen LogP contribution in [-0.4, -0.2) is 22.6 Å². The number of benzene rings is 2. The van der Waals surface area contributed by atoms with Gasteiger partial charge in [0.2, 0.25) is 11.8 Å². The van der Waals surface area contributed by atoms with Gasteiger partial charge in [0.05, 0.1) is 5.41 Å². The van der Waals surface area contributed by atoms with Crippen LogP contribution in [0.3, 0.4) is 0 Å². The van der Waals surface area contributed by atoms with Gasteiger partial charge >= 0.3 is 0 Å². The first-order chi connectivity index (χ1) is 13.2. The van der Waals surface area contributed by atoms with Crippen LogP contribution in [0.5, 0.6) is 0 Å². The highest BCUT2D eigenvalue weighted by molar-refractivity contribution is 5.91. The number of hydrogen-bond acceptors (Lipinski definition) is 4. The zero-order valence-electron chi connectivity index (χ0n) is 14.8. The van der Waals surface area contributed by atoms with Gasteiger partial charge in [-0.05, 0) is 36.1 Å². The molecule has 4 rings (SSSR count). The number of nitrogens with one attached hydrogen (secondary N) is 1. The van der Waals surface area contributed by atoms with Crippen LogP contribution in [0.1, 0.15) is 35.7 Å². The second-order valence-electron chi connectivity index (χ2n) is 6.86. The summed E-state index contributed by atoms with van der Waals surface area (Å²) in [4.78, 5) is 17.0. The minimum absolute atomic E-state index is 0.0295. The zero-order valence-corrected chi connectivity index (χ0v) is 14.8. The highest BCUT2D eigenvalue weighted by atomic mass is 19.1. The fraction of sp³-hybridized carbons (Fsp3) is 0.286. The molecule has 27 heavy (non-hydrogen) atoms. The van der Waals surface area contributed by atoms with Gasteiger partial charge in [-0.25, -0.2) is 4.39 Å². The van der Waals surface area contributed by atoms with E-state index in [-0.39, 0.29) is 11.7 Å². The van der Waals surface area contributed by atoms with E-state index in [2.05, 4.69) is 15.5 Å². The minimum Gasteiger partial charge on any atom is -0.355 e. The Morgan fingerprint density at radius 3 is 2.56 bits per heavy atom. The van der Waals surface area contributed by atoms with Crippen molar-refractivity contribution in [2.45, 2.75) is 31.1 Å². The highest BCUT2D eigenvalue weighted by Crippen LogP contribution is 2.48. The lowest BCUT2D eigenvalue weighted by molar-refractivity contribution is -0.123. The normalized spacial score (nSPS) is 14.7. The van der Waals surface area contributed by atoms with Crippen LogP contribution in [0.15, 0.2) is 59.1 Å².